The first kappa shape index (κ1) is 25.4. The Bertz CT molecular complexity index is 1470. The average Bonchev–Trinajstić information content (AvgIpc) is 3.33. The van der Waals surface area contributed by atoms with Crippen LogP contribution in [-0.2, 0) is 12.7 Å². The van der Waals surface area contributed by atoms with Crippen LogP contribution in [0.3, 0.4) is 0 Å². The van der Waals surface area contributed by atoms with E-state index < -0.39 is 47.0 Å². The molecule has 5 rings (SSSR count). The van der Waals surface area contributed by atoms with Crippen molar-refractivity contribution in [3.8, 4) is 5.69 Å². The fourth-order valence-electron chi connectivity index (χ4n) is 5.68. The molecule has 196 valence electrons. The largest absolute Gasteiger partial charge is 0.433 e. The van der Waals surface area contributed by atoms with E-state index in [2.05, 4.69) is 23.5 Å². The zero-order chi connectivity index (χ0) is 26.6. The lowest BCUT2D eigenvalue weighted by Crippen LogP contribution is -2.53. The number of alkyl halides is 3. The second-order valence-electron chi connectivity index (χ2n) is 10.3. The molecule has 6 nitrogen and oxygen atoms in total. The number of nitrogens with one attached hydrogen (secondary N) is 1. The van der Waals surface area contributed by atoms with Gasteiger partial charge in [-0.25, -0.2) is 4.68 Å². The van der Waals surface area contributed by atoms with Gasteiger partial charge in [-0.3, -0.25) is 9.89 Å². The van der Waals surface area contributed by atoms with E-state index in [4.69, 9.17) is 0 Å². The molecule has 2 unspecified atom stereocenters. The van der Waals surface area contributed by atoms with E-state index >= 15 is 0 Å². The van der Waals surface area contributed by atoms with Crippen molar-refractivity contribution in [1.82, 2.24) is 14.3 Å². The van der Waals surface area contributed by atoms with E-state index in [0.717, 1.165) is 34.2 Å². The summed E-state index contributed by atoms with van der Waals surface area (Å²) in [7, 11) is 0. The molecule has 4 aromatic rings. The van der Waals surface area contributed by atoms with Crippen molar-refractivity contribution in [1.29, 1.82) is 0 Å². The maximum Gasteiger partial charge on any atom is 0.433 e. The van der Waals surface area contributed by atoms with Gasteiger partial charge in [-0.1, -0.05) is 50.2 Å². The molecule has 2 aromatic carbocycles. The Kier molecular flexibility index (Phi) is 6.32. The fraction of sp³-hybridized carbons (Fsp3) is 0.393. The molecule has 0 amide bonds. The number of aromatic amines is 1. The number of aryl methyl sites for hydroxylation is 1. The number of aromatic nitrogens is 3. The molecule has 0 aliphatic heterocycles. The fourth-order valence-corrected chi connectivity index (χ4v) is 5.68. The van der Waals surface area contributed by atoms with E-state index in [1.54, 1.807) is 18.2 Å². The van der Waals surface area contributed by atoms with Gasteiger partial charge in [0.15, 0.2) is 0 Å². The summed E-state index contributed by atoms with van der Waals surface area (Å²) in [5.74, 6) is -1.74. The summed E-state index contributed by atoms with van der Waals surface area (Å²) in [6, 6.07) is 15.6. The lowest BCUT2D eigenvalue weighted by atomic mass is 9.62. The van der Waals surface area contributed by atoms with Crippen molar-refractivity contribution in [2.75, 3.05) is 0 Å². The van der Waals surface area contributed by atoms with Crippen molar-refractivity contribution in [3.63, 3.8) is 0 Å². The predicted octanol–water partition coefficient (Wildman–Crippen LogP) is 5.10. The summed E-state index contributed by atoms with van der Waals surface area (Å²) in [6.45, 7) is 6.90. The number of para-hydroxylation sites is 2. The predicted molar refractivity (Wildman–Crippen MR) is 135 cm³/mol. The van der Waals surface area contributed by atoms with Crippen LogP contribution in [0, 0.1) is 12.8 Å². The quantitative estimate of drug-likeness (QED) is 0.336. The molecule has 9 heteroatoms. The normalized spacial score (nSPS) is 22.1. The number of H-pyrrole nitrogens is 1. The molecule has 0 spiro atoms. The van der Waals surface area contributed by atoms with E-state index in [1.165, 1.54) is 12.1 Å². The summed E-state index contributed by atoms with van der Waals surface area (Å²) in [5.41, 5.74) is -0.0852. The van der Waals surface area contributed by atoms with Gasteiger partial charge in [0.1, 0.15) is 5.69 Å². The molecule has 0 radical (unpaired) electrons. The maximum atomic E-state index is 14.0. The first-order valence-electron chi connectivity index (χ1n) is 12.4. The number of halogens is 3. The van der Waals surface area contributed by atoms with Gasteiger partial charge in [0.05, 0.1) is 23.5 Å². The molecule has 2 atom stereocenters. The zero-order valence-corrected chi connectivity index (χ0v) is 20.8. The van der Waals surface area contributed by atoms with Crippen LogP contribution >= 0.6 is 0 Å². The highest BCUT2D eigenvalue weighted by Crippen LogP contribution is 2.52. The topological polar surface area (TPSA) is 83.2 Å². The number of hydrogen-bond acceptors (Lipinski definition) is 3. The molecule has 0 saturated heterocycles. The van der Waals surface area contributed by atoms with Gasteiger partial charge in [-0.05, 0) is 43.0 Å². The zero-order valence-electron chi connectivity index (χ0n) is 20.8. The van der Waals surface area contributed by atoms with Crippen LogP contribution in [0.5, 0.6) is 0 Å². The smallest absolute Gasteiger partial charge is 0.392 e. The molecule has 1 aliphatic carbocycles. The lowest BCUT2D eigenvalue weighted by Gasteiger charge is -2.46. The van der Waals surface area contributed by atoms with E-state index in [1.807, 2.05) is 31.2 Å². The van der Waals surface area contributed by atoms with Gasteiger partial charge < -0.3 is 14.8 Å². The average molecular weight is 514 g/mol. The number of rotatable bonds is 6. The minimum absolute atomic E-state index is 0.230. The molecular formula is C28H30F3N3O3. The van der Waals surface area contributed by atoms with Gasteiger partial charge in [0, 0.05) is 35.0 Å². The number of aliphatic hydroxyl groups is 2. The Labute approximate surface area is 212 Å². The Morgan fingerprint density at radius 1 is 0.946 bits per heavy atom. The molecule has 3 N–H and O–H groups in total. The number of benzene rings is 2. The maximum absolute atomic E-state index is 14.0. The molecule has 1 saturated carbocycles. The summed E-state index contributed by atoms with van der Waals surface area (Å²) in [4.78, 5) is 13.2. The summed E-state index contributed by atoms with van der Waals surface area (Å²) in [5, 5.41) is 25.5. The van der Waals surface area contributed by atoms with E-state index in [0.29, 0.717) is 11.5 Å². The molecule has 2 heterocycles. The third-order valence-electron chi connectivity index (χ3n) is 7.57. The number of fused-ring (bicyclic) bond motifs is 1. The highest BCUT2D eigenvalue weighted by molar-refractivity contribution is 5.86. The number of aliphatic hydroxyl groups excluding tert-OH is 2. The van der Waals surface area contributed by atoms with Gasteiger partial charge in [0.25, 0.3) is 5.56 Å². The van der Waals surface area contributed by atoms with Crippen molar-refractivity contribution < 1.29 is 23.4 Å². The van der Waals surface area contributed by atoms with Gasteiger partial charge in [-0.2, -0.15) is 13.2 Å². The highest BCUT2D eigenvalue weighted by Gasteiger charge is 2.56. The monoisotopic (exact) mass is 513 g/mol. The first-order chi connectivity index (χ1) is 17.5. The van der Waals surface area contributed by atoms with E-state index in [-0.39, 0.29) is 5.69 Å². The Balaban J connectivity index is 1.59. The lowest BCUT2D eigenvalue weighted by molar-refractivity contribution is -0.144. The highest BCUT2D eigenvalue weighted by atomic mass is 19.4. The Morgan fingerprint density at radius 3 is 2.16 bits per heavy atom. The number of nitrogens with zero attached hydrogens (tertiary/aromatic N) is 2. The Morgan fingerprint density at radius 2 is 1.54 bits per heavy atom. The van der Waals surface area contributed by atoms with Crippen molar-refractivity contribution in [2.24, 2.45) is 5.92 Å². The van der Waals surface area contributed by atoms with Crippen LogP contribution in [-0.4, -0.2) is 36.8 Å². The van der Waals surface area contributed by atoms with Gasteiger partial charge in [0.2, 0.25) is 0 Å². The molecule has 37 heavy (non-hydrogen) atoms. The number of hydrogen-bond donors (Lipinski definition) is 3. The molecule has 2 aromatic heterocycles. The van der Waals surface area contributed by atoms with Crippen LogP contribution in [0.1, 0.15) is 54.6 Å². The van der Waals surface area contributed by atoms with Crippen molar-refractivity contribution >= 4 is 10.9 Å². The minimum atomic E-state index is -4.87. The van der Waals surface area contributed by atoms with Crippen LogP contribution in [0.15, 0.2) is 59.4 Å². The molecule has 1 aliphatic rings. The van der Waals surface area contributed by atoms with Gasteiger partial charge >= 0.3 is 6.18 Å². The van der Waals surface area contributed by atoms with E-state index in [9.17, 15) is 28.2 Å². The third kappa shape index (κ3) is 4.10. The second kappa shape index (κ2) is 9.22. The summed E-state index contributed by atoms with van der Waals surface area (Å²) < 4.78 is 45.0. The van der Waals surface area contributed by atoms with Crippen LogP contribution in [0.4, 0.5) is 13.2 Å². The van der Waals surface area contributed by atoms with Crippen LogP contribution in [0.25, 0.3) is 16.6 Å². The Hall–Kier alpha value is -3.30. The second-order valence-corrected chi connectivity index (χ2v) is 10.3. The van der Waals surface area contributed by atoms with Crippen molar-refractivity contribution in [3.05, 3.63) is 87.5 Å². The summed E-state index contributed by atoms with van der Waals surface area (Å²) in [6.07, 6.45) is -6.69. The first-order valence-corrected chi connectivity index (χ1v) is 12.4. The van der Waals surface area contributed by atoms with Crippen LogP contribution < -0.4 is 5.56 Å². The standard InChI is InChI=1S/C28H30F3N3O3/c1-15(2)13-14-33-16(3)20(18-11-7-8-12-19(18)33)21-24(35)22(25(21)36)23-26(28(29,30)31)32-34(27(23)37)17-9-5-4-6-10-17/h4-12,15,21-22,24-25,32,35-36H,13-14H2,1-3H3. The van der Waals surface area contributed by atoms with Crippen molar-refractivity contribution in [2.45, 2.75) is 64.0 Å². The van der Waals surface area contributed by atoms with Crippen LogP contribution in [0.2, 0.25) is 0 Å². The molecule has 0 bridgehead atoms. The third-order valence-corrected chi connectivity index (χ3v) is 7.57. The molecular weight excluding hydrogens is 483 g/mol. The van der Waals surface area contributed by atoms with Gasteiger partial charge in [-0.15, -0.1) is 0 Å². The minimum Gasteiger partial charge on any atom is -0.392 e. The SMILES string of the molecule is Cc1c(C2C(O)C(c3c(C(F)(F)F)[nH]n(-c4ccccc4)c3=O)C2O)c2ccccc2n1CCC(C)C. The molecule has 1 fully saturated rings. The summed E-state index contributed by atoms with van der Waals surface area (Å²) >= 11 is 0.